The van der Waals surface area contributed by atoms with Crippen molar-refractivity contribution in [2.75, 3.05) is 18.1 Å². The van der Waals surface area contributed by atoms with E-state index in [1.165, 1.54) is 63.3 Å². The molecule has 1 aliphatic heterocycles. The van der Waals surface area contributed by atoms with Crippen LogP contribution in [0.5, 0.6) is 0 Å². The number of fused-ring (bicyclic) bond motifs is 1. The largest absolute Gasteiger partial charge is 0.280 e. The van der Waals surface area contributed by atoms with Crippen molar-refractivity contribution in [2.24, 2.45) is 5.10 Å². The van der Waals surface area contributed by atoms with E-state index >= 15 is 0 Å². The Balaban J connectivity index is 1.46. The predicted molar refractivity (Wildman–Crippen MR) is 152 cm³/mol. The third-order valence-corrected chi connectivity index (χ3v) is 9.61. The molecular formula is C27H24BrFN4O3S2. The van der Waals surface area contributed by atoms with Gasteiger partial charge in [-0.1, -0.05) is 52.2 Å². The van der Waals surface area contributed by atoms with Gasteiger partial charge in [0.2, 0.25) is 15.2 Å². The Morgan fingerprint density at radius 1 is 1.00 bits per heavy atom. The van der Waals surface area contributed by atoms with Crippen LogP contribution in [0.15, 0.2) is 81.2 Å². The van der Waals surface area contributed by atoms with E-state index in [2.05, 4.69) is 26.0 Å². The maximum Gasteiger partial charge on any atom is 0.280 e. The molecule has 0 spiro atoms. The van der Waals surface area contributed by atoms with Gasteiger partial charge in [0, 0.05) is 23.1 Å². The van der Waals surface area contributed by atoms with Gasteiger partial charge in [-0.25, -0.2) is 17.8 Å². The molecular weight excluding hydrogens is 591 g/mol. The molecule has 1 aliphatic rings. The molecule has 1 fully saturated rings. The second-order valence-corrected chi connectivity index (χ2v) is 12.7. The molecule has 196 valence electrons. The minimum absolute atomic E-state index is 0.155. The molecule has 3 aromatic carbocycles. The average Bonchev–Trinajstić information content (AvgIpc) is 3.12. The lowest BCUT2D eigenvalue weighted by Gasteiger charge is -2.20. The summed E-state index contributed by atoms with van der Waals surface area (Å²) in [6.45, 7) is 1.01. The van der Waals surface area contributed by atoms with E-state index in [-0.39, 0.29) is 16.3 Å². The number of sulfonamides is 1. The monoisotopic (exact) mass is 614 g/mol. The maximum atomic E-state index is 13.6. The van der Waals surface area contributed by atoms with E-state index in [0.29, 0.717) is 29.3 Å². The molecule has 1 saturated heterocycles. The lowest BCUT2D eigenvalue weighted by molar-refractivity contribution is 0.0987. The number of carbonyl (C=O) groups is 1. The second-order valence-electron chi connectivity index (χ2n) is 8.86. The lowest BCUT2D eigenvalue weighted by atomic mass is 10.2. The van der Waals surface area contributed by atoms with Crippen LogP contribution < -0.4 is 5.01 Å². The number of amides is 1. The molecule has 11 heteroatoms. The number of hydrazone groups is 1. The van der Waals surface area contributed by atoms with Crippen molar-refractivity contribution >= 4 is 64.8 Å². The number of halogens is 2. The first-order chi connectivity index (χ1) is 18.3. The molecule has 0 N–H and O–H groups in total. The molecule has 0 saturated carbocycles. The van der Waals surface area contributed by atoms with Crippen molar-refractivity contribution < 1.29 is 17.6 Å². The number of hydrogen-bond donors (Lipinski definition) is 0. The standard InChI is InChI=1S/C27H24BrFN4O3S2/c28-21-9-14-24-25(17-21)37-27(31-24)33(30-18-19-5-10-22(29)11-6-19)26(34)20-7-12-23(13-8-20)38(35,36)32-15-3-1-2-4-16-32/h5-14,17-18H,1-4,15-16H2/b30-18+. The van der Waals surface area contributed by atoms with Crippen LogP contribution in [-0.2, 0) is 10.0 Å². The topological polar surface area (TPSA) is 82.9 Å². The molecule has 0 aliphatic carbocycles. The zero-order chi connectivity index (χ0) is 26.7. The van der Waals surface area contributed by atoms with E-state index in [0.717, 1.165) is 34.9 Å². The van der Waals surface area contributed by atoms with E-state index in [1.54, 1.807) is 12.1 Å². The Morgan fingerprint density at radius 2 is 1.68 bits per heavy atom. The van der Waals surface area contributed by atoms with Gasteiger partial charge >= 0.3 is 0 Å². The number of aromatic nitrogens is 1. The molecule has 0 bridgehead atoms. The number of nitrogens with zero attached hydrogens (tertiary/aromatic N) is 4. The highest BCUT2D eigenvalue weighted by Gasteiger charge is 2.26. The van der Waals surface area contributed by atoms with Crippen LogP contribution in [0.25, 0.3) is 10.2 Å². The zero-order valence-electron chi connectivity index (χ0n) is 20.3. The maximum absolute atomic E-state index is 13.6. The first-order valence-electron chi connectivity index (χ1n) is 12.1. The van der Waals surface area contributed by atoms with Crippen LogP contribution in [0, 0.1) is 5.82 Å². The molecule has 0 unspecified atom stereocenters. The molecule has 2 heterocycles. The summed E-state index contributed by atoms with van der Waals surface area (Å²) in [5, 5.41) is 5.92. The highest BCUT2D eigenvalue weighted by atomic mass is 79.9. The van der Waals surface area contributed by atoms with Gasteiger partial charge in [-0.3, -0.25) is 4.79 Å². The summed E-state index contributed by atoms with van der Waals surface area (Å²) in [5.41, 5.74) is 1.57. The van der Waals surface area contributed by atoms with Crippen molar-refractivity contribution in [1.82, 2.24) is 9.29 Å². The van der Waals surface area contributed by atoms with Crippen LogP contribution in [-0.4, -0.2) is 42.9 Å². The average molecular weight is 616 g/mol. The Labute approximate surface area is 232 Å². The van der Waals surface area contributed by atoms with Gasteiger partial charge in [-0.05, 0) is 73.0 Å². The first kappa shape index (κ1) is 26.6. The van der Waals surface area contributed by atoms with Crippen molar-refractivity contribution in [3.8, 4) is 0 Å². The molecule has 0 radical (unpaired) electrons. The molecule has 0 atom stereocenters. The van der Waals surface area contributed by atoms with Crippen molar-refractivity contribution in [1.29, 1.82) is 0 Å². The number of anilines is 1. The number of hydrogen-bond acceptors (Lipinski definition) is 6. The molecule has 5 rings (SSSR count). The van der Waals surface area contributed by atoms with Crippen LogP contribution in [0.4, 0.5) is 9.52 Å². The van der Waals surface area contributed by atoms with Crippen molar-refractivity contribution in [3.05, 3.63) is 88.1 Å². The molecule has 1 aromatic heterocycles. The van der Waals surface area contributed by atoms with Gasteiger partial charge in [0.05, 0.1) is 21.3 Å². The van der Waals surface area contributed by atoms with E-state index in [9.17, 15) is 17.6 Å². The second kappa shape index (κ2) is 11.4. The minimum Gasteiger partial charge on any atom is -0.267 e. The van der Waals surface area contributed by atoms with Gasteiger partial charge in [0.1, 0.15) is 5.82 Å². The Bertz CT molecular complexity index is 1580. The number of carbonyl (C=O) groups excluding carboxylic acids is 1. The fraction of sp³-hybridized carbons (Fsp3) is 0.222. The smallest absolute Gasteiger partial charge is 0.267 e. The summed E-state index contributed by atoms with van der Waals surface area (Å²) in [5.74, 6) is -0.845. The van der Waals surface area contributed by atoms with Crippen LogP contribution in [0.3, 0.4) is 0 Å². The Kier molecular flexibility index (Phi) is 7.98. The van der Waals surface area contributed by atoms with Crippen molar-refractivity contribution in [3.63, 3.8) is 0 Å². The van der Waals surface area contributed by atoms with Gasteiger partial charge in [0.15, 0.2) is 0 Å². The number of benzene rings is 3. The quantitative estimate of drug-likeness (QED) is 0.185. The SMILES string of the molecule is O=C(c1ccc(S(=O)(=O)N2CCCCCC2)cc1)N(/N=C/c1ccc(F)cc1)c1nc2ccc(Br)cc2s1. The van der Waals surface area contributed by atoms with E-state index in [1.807, 2.05) is 18.2 Å². The fourth-order valence-corrected chi connectivity index (χ4v) is 7.15. The predicted octanol–water partition coefficient (Wildman–Crippen LogP) is 6.44. The summed E-state index contributed by atoms with van der Waals surface area (Å²) in [6, 6.07) is 17.3. The zero-order valence-corrected chi connectivity index (χ0v) is 23.5. The molecule has 1 amide bonds. The Hall–Kier alpha value is -2.99. The van der Waals surface area contributed by atoms with Gasteiger partial charge in [-0.15, -0.1) is 0 Å². The summed E-state index contributed by atoms with van der Waals surface area (Å²) < 4.78 is 42.9. The number of thiazole rings is 1. The van der Waals surface area contributed by atoms with Gasteiger partial charge in [0.25, 0.3) is 5.91 Å². The van der Waals surface area contributed by atoms with E-state index < -0.39 is 15.9 Å². The molecule has 7 nitrogen and oxygen atoms in total. The number of rotatable bonds is 6. The van der Waals surface area contributed by atoms with Gasteiger partial charge in [-0.2, -0.15) is 14.4 Å². The summed E-state index contributed by atoms with van der Waals surface area (Å²) in [7, 11) is -3.64. The van der Waals surface area contributed by atoms with Crippen LogP contribution in [0.1, 0.15) is 41.6 Å². The fourth-order valence-electron chi connectivity index (χ4n) is 4.16. The summed E-state index contributed by atoms with van der Waals surface area (Å²) >= 11 is 4.75. The van der Waals surface area contributed by atoms with Crippen LogP contribution in [0.2, 0.25) is 0 Å². The molecule has 38 heavy (non-hydrogen) atoms. The third kappa shape index (κ3) is 5.85. The Morgan fingerprint density at radius 3 is 2.37 bits per heavy atom. The van der Waals surface area contributed by atoms with Crippen LogP contribution >= 0.6 is 27.3 Å². The normalized spacial score (nSPS) is 15.1. The van der Waals surface area contributed by atoms with Crippen molar-refractivity contribution in [2.45, 2.75) is 30.6 Å². The van der Waals surface area contributed by atoms with Gasteiger partial charge < -0.3 is 0 Å². The van der Waals surface area contributed by atoms with E-state index in [4.69, 9.17) is 0 Å². The highest BCUT2D eigenvalue weighted by Crippen LogP contribution is 2.32. The first-order valence-corrected chi connectivity index (χ1v) is 15.2. The highest BCUT2D eigenvalue weighted by molar-refractivity contribution is 9.10. The molecule has 4 aromatic rings. The third-order valence-electron chi connectivity index (χ3n) is 6.21. The minimum atomic E-state index is -3.64. The lowest BCUT2D eigenvalue weighted by Crippen LogP contribution is -2.32. The summed E-state index contributed by atoms with van der Waals surface area (Å²) in [4.78, 5) is 18.4. The summed E-state index contributed by atoms with van der Waals surface area (Å²) in [6.07, 6.45) is 5.19.